The van der Waals surface area contributed by atoms with Crippen LogP contribution in [0.3, 0.4) is 0 Å². The van der Waals surface area contributed by atoms with Gasteiger partial charge in [0.05, 0.1) is 23.9 Å². The molecule has 32 heavy (non-hydrogen) atoms. The lowest BCUT2D eigenvalue weighted by Crippen LogP contribution is -2.50. The number of hydrogen-bond acceptors (Lipinski definition) is 7. The van der Waals surface area contributed by atoms with Crippen LogP contribution in [0.15, 0.2) is 67.0 Å². The zero-order valence-electron chi connectivity index (χ0n) is 17.6. The fraction of sp³-hybridized carbons (Fsp3) is 0.208. The Labute approximate surface area is 189 Å². The Morgan fingerprint density at radius 2 is 1.94 bits per heavy atom. The van der Waals surface area contributed by atoms with E-state index < -0.39 is 12.2 Å². The van der Waals surface area contributed by atoms with Crippen molar-refractivity contribution in [2.24, 2.45) is 0 Å². The largest absolute Gasteiger partial charge is 0.497 e. The van der Waals surface area contributed by atoms with Gasteiger partial charge in [0.1, 0.15) is 11.9 Å². The summed E-state index contributed by atoms with van der Waals surface area (Å²) in [6, 6.07) is 16.8. The van der Waals surface area contributed by atoms with Crippen LogP contribution in [0.2, 0.25) is 0 Å². The van der Waals surface area contributed by atoms with Gasteiger partial charge < -0.3 is 14.2 Å². The second-order valence-electron chi connectivity index (χ2n) is 7.42. The summed E-state index contributed by atoms with van der Waals surface area (Å²) in [5.74, 6) is 1.69. The normalized spacial score (nSPS) is 17.2. The Hall–Kier alpha value is -3.65. The van der Waals surface area contributed by atoms with Gasteiger partial charge in [-0.05, 0) is 42.8 Å². The molecule has 2 aromatic carbocycles. The molecule has 1 aliphatic rings. The van der Waals surface area contributed by atoms with Gasteiger partial charge in [-0.1, -0.05) is 29.5 Å². The van der Waals surface area contributed by atoms with Gasteiger partial charge in [0, 0.05) is 18.5 Å². The average Bonchev–Trinajstić information content (AvgIpc) is 3.25. The van der Waals surface area contributed by atoms with E-state index in [1.54, 1.807) is 30.5 Å². The number of para-hydroxylation sites is 2. The van der Waals surface area contributed by atoms with Crippen molar-refractivity contribution in [3.63, 3.8) is 0 Å². The molecule has 2 aromatic heterocycles. The van der Waals surface area contributed by atoms with E-state index >= 15 is 0 Å². The van der Waals surface area contributed by atoms with E-state index in [-0.39, 0.29) is 5.91 Å². The molecular weight excluding hydrogens is 426 g/mol. The number of anilines is 1. The van der Waals surface area contributed by atoms with Crippen molar-refractivity contribution >= 4 is 32.6 Å². The third kappa shape index (κ3) is 3.85. The lowest BCUT2D eigenvalue weighted by molar-refractivity contribution is -0.130. The molecule has 0 radical (unpaired) electrons. The Kier molecular flexibility index (Phi) is 5.36. The lowest BCUT2D eigenvalue weighted by Gasteiger charge is -2.33. The number of pyridine rings is 1. The number of aromatic nitrogens is 2. The van der Waals surface area contributed by atoms with E-state index in [1.165, 1.54) is 11.3 Å². The predicted octanol–water partition coefficient (Wildman–Crippen LogP) is 4.46. The van der Waals surface area contributed by atoms with E-state index in [1.807, 2.05) is 55.5 Å². The number of ether oxygens (including phenoxy) is 3. The Morgan fingerprint density at radius 1 is 1.12 bits per heavy atom. The van der Waals surface area contributed by atoms with Crippen molar-refractivity contribution in [3.05, 3.63) is 72.6 Å². The van der Waals surface area contributed by atoms with Crippen LogP contribution < -0.4 is 19.1 Å². The second-order valence-corrected chi connectivity index (χ2v) is 8.43. The fourth-order valence-electron chi connectivity index (χ4n) is 3.60. The van der Waals surface area contributed by atoms with Gasteiger partial charge in [0.2, 0.25) is 6.10 Å². The van der Waals surface area contributed by atoms with Crippen LogP contribution in [0.1, 0.15) is 12.5 Å². The Bertz CT molecular complexity index is 1260. The third-order valence-corrected chi connectivity index (χ3v) is 6.29. The van der Waals surface area contributed by atoms with E-state index in [9.17, 15) is 4.79 Å². The number of fused-ring (bicyclic) bond motifs is 2. The summed E-state index contributed by atoms with van der Waals surface area (Å²) in [5.41, 5.74) is 1.66. The molecule has 7 nitrogen and oxygen atoms in total. The van der Waals surface area contributed by atoms with Gasteiger partial charge in [-0.3, -0.25) is 14.7 Å². The molecule has 3 heterocycles. The van der Waals surface area contributed by atoms with Gasteiger partial charge in [-0.2, -0.15) is 0 Å². The van der Waals surface area contributed by atoms with E-state index in [0.717, 1.165) is 15.8 Å². The Balaban J connectivity index is 1.52. The van der Waals surface area contributed by atoms with Gasteiger partial charge in [0.15, 0.2) is 16.6 Å². The molecule has 0 aliphatic carbocycles. The number of methoxy groups -OCH3 is 1. The maximum Gasteiger partial charge on any atom is 0.274 e. The molecule has 0 saturated heterocycles. The van der Waals surface area contributed by atoms with Crippen LogP contribution in [-0.4, -0.2) is 35.2 Å². The first-order valence-corrected chi connectivity index (χ1v) is 11.0. The lowest BCUT2D eigenvalue weighted by atomic mass is 10.1. The molecule has 162 valence electrons. The number of amides is 1. The number of carbonyl (C=O) groups is 1. The van der Waals surface area contributed by atoms with Crippen molar-refractivity contribution < 1.29 is 19.0 Å². The first-order chi connectivity index (χ1) is 15.6. The molecule has 0 bridgehead atoms. The molecule has 1 aliphatic heterocycles. The summed E-state index contributed by atoms with van der Waals surface area (Å²) in [6.07, 6.45) is 2.19. The van der Waals surface area contributed by atoms with Crippen LogP contribution in [0.4, 0.5) is 5.13 Å². The van der Waals surface area contributed by atoms with Crippen molar-refractivity contribution in [2.75, 3.05) is 12.0 Å². The third-order valence-electron chi connectivity index (χ3n) is 5.23. The molecule has 8 heteroatoms. The van der Waals surface area contributed by atoms with Gasteiger partial charge in [-0.25, -0.2) is 4.98 Å². The number of nitrogens with zero attached hydrogens (tertiary/aromatic N) is 3. The minimum atomic E-state index is -0.803. The highest BCUT2D eigenvalue weighted by atomic mass is 32.1. The van der Waals surface area contributed by atoms with Crippen molar-refractivity contribution in [1.29, 1.82) is 0 Å². The SMILES string of the molecule is COc1ccc2sc(N(Cc3cccnc3)C(=O)C3Oc4ccccc4OC3C)nc2c1. The number of benzene rings is 2. The number of hydrogen-bond donors (Lipinski definition) is 0. The molecule has 5 rings (SSSR count). The van der Waals surface area contributed by atoms with Crippen LogP contribution in [0.25, 0.3) is 10.2 Å². The molecule has 0 fully saturated rings. The number of rotatable bonds is 5. The molecule has 2 atom stereocenters. The maximum atomic E-state index is 13.8. The smallest absolute Gasteiger partial charge is 0.274 e. The number of thiazole rings is 1. The zero-order chi connectivity index (χ0) is 22.1. The molecule has 0 N–H and O–H groups in total. The van der Waals surface area contributed by atoms with E-state index in [4.69, 9.17) is 19.2 Å². The molecule has 4 aromatic rings. The van der Waals surface area contributed by atoms with Gasteiger partial charge >= 0.3 is 0 Å². The average molecular weight is 448 g/mol. The van der Waals surface area contributed by atoms with Crippen molar-refractivity contribution in [2.45, 2.75) is 25.7 Å². The van der Waals surface area contributed by atoms with Gasteiger partial charge in [-0.15, -0.1) is 0 Å². The summed E-state index contributed by atoms with van der Waals surface area (Å²) in [6.45, 7) is 2.15. The first-order valence-electron chi connectivity index (χ1n) is 10.2. The summed E-state index contributed by atoms with van der Waals surface area (Å²) in [7, 11) is 1.62. The standard InChI is InChI=1S/C24H21N3O4S/c1-15-22(31-20-8-4-3-7-19(20)30-15)23(28)27(14-16-6-5-11-25-13-16)24-26-18-12-17(29-2)9-10-21(18)32-24/h3-13,15,22H,14H2,1-2H3. The molecule has 0 spiro atoms. The highest BCUT2D eigenvalue weighted by Gasteiger charge is 2.38. The summed E-state index contributed by atoms with van der Waals surface area (Å²) in [5, 5.41) is 0.580. The van der Waals surface area contributed by atoms with Crippen molar-refractivity contribution in [1.82, 2.24) is 9.97 Å². The monoisotopic (exact) mass is 447 g/mol. The minimum absolute atomic E-state index is 0.220. The minimum Gasteiger partial charge on any atom is -0.497 e. The fourth-order valence-corrected chi connectivity index (χ4v) is 4.55. The zero-order valence-corrected chi connectivity index (χ0v) is 18.4. The molecular formula is C24H21N3O4S. The highest BCUT2D eigenvalue weighted by molar-refractivity contribution is 7.22. The Morgan fingerprint density at radius 3 is 2.69 bits per heavy atom. The summed E-state index contributed by atoms with van der Waals surface area (Å²) in [4.78, 5) is 24.3. The van der Waals surface area contributed by atoms with Crippen LogP contribution in [0.5, 0.6) is 17.2 Å². The summed E-state index contributed by atoms with van der Waals surface area (Å²) >= 11 is 1.44. The molecule has 1 amide bonds. The predicted molar refractivity (Wildman–Crippen MR) is 123 cm³/mol. The number of carbonyl (C=O) groups excluding carboxylic acids is 1. The molecule has 2 unspecified atom stereocenters. The highest BCUT2D eigenvalue weighted by Crippen LogP contribution is 2.36. The van der Waals surface area contributed by atoms with Crippen LogP contribution in [-0.2, 0) is 11.3 Å². The van der Waals surface area contributed by atoms with E-state index in [2.05, 4.69) is 4.98 Å². The maximum absolute atomic E-state index is 13.8. The quantitative estimate of drug-likeness (QED) is 0.450. The van der Waals surface area contributed by atoms with E-state index in [0.29, 0.717) is 28.9 Å². The topological polar surface area (TPSA) is 73.8 Å². The van der Waals surface area contributed by atoms with Gasteiger partial charge in [0.25, 0.3) is 5.91 Å². The second kappa shape index (κ2) is 8.47. The van der Waals surface area contributed by atoms with Crippen LogP contribution >= 0.6 is 11.3 Å². The summed E-state index contributed by atoms with van der Waals surface area (Å²) < 4.78 is 18.3. The first kappa shape index (κ1) is 20.3. The molecule has 0 saturated carbocycles. The van der Waals surface area contributed by atoms with Crippen LogP contribution in [0, 0.1) is 0 Å². The van der Waals surface area contributed by atoms with Crippen molar-refractivity contribution in [3.8, 4) is 17.2 Å².